The van der Waals surface area contributed by atoms with Crippen LogP contribution in [-0.4, -0.2) is 106 Å². The van der Waals surface area contributed by atoms with Crippen molar-refractivity contribution in [2.45, 2.75) is 55.7 Å². The molecule has 3 N–H and O–H groups in total. The number of aromatic nitrogens is 4. The number of hydrogen-bond acceptors (Lipinski definition) is 11. The number of carbonyl (C=O) groups is 2. The number of carbonyl (C=O) groups excluding carboxylic acids is 1. The van der Waals surface area contributed by atoms with Gasteiger partial charge in [0, 0.05) is 25.7 Å². The van der Waals surface area contributed by atoms with Crippen LogP contribution in [0.15, 0.2) is 53.6 Å². The number of morpholine rings is 1. The van der Waals surface area contributed by atoms with Crippen LogP contribution in [-0.2, 0) is 19.4 Å². The van der Waals surface area contributed by atoms with E-state index in [1.807, 2.05) is 19.1 Å². The summed E-state index contributed by atoms with van der Waals surface area (Å²) in [6, 6.07) is 11.5. The average Bonchev–Trinajstić information content (AvgIpc) is 3.57. The number of methoxy groups -OCH3 is 1. The lowest BCUT2D eigenvalue weighted by Crippen LogP contribution is -2.57. The van der Waals surface area contributed by atoms with E-state index in [-0.39, 0.29) is 48.4 Å². The van der Waals surface area contributed by atoms with Gasteiger partial charge in [0.1, 0.15) is 11.8 Å². The van der Waals surface area contributed by atoms with Gasteiger partial charge in [-0.05, 0) is 74.9 Å². The van der Waals surface area contributed by atoms with Crippen molar-refractivity contribution in [3.05, 3.63) is 59.8 Å². The molecule has 0 radical (unpaired) electrons. The van der Waals surface area contributed by atoms with Gasteiger partial charge in [-0.3, -0.25) is 9.69 Å². The van der Waals surface area contributed by atoms with E-state index in [9.17, 15) is 23.1 Å². The molecule has 6 rings (SSSR count). The van der Waals surface area contributed by atoms with Crippen molar-refractivity contribution in [3.8, 4) is 5.75 Å². The third kappa shape index (κ3) is 6.83. The molecule has 2 aliphatic rings. The lowest BCUT2D eigenvalue weighted by Gasteiger charge is -2.39. The van der Waals surface area contributed by atoms with Crippen molar-refractivity contribution in [1.82, 2.24) is 29.4 Å². The maximum Gasteiger partial charge on any atom is 0.408 e. The molecule has 2 fully saturated rings. The summed E-state index contributed by atoms with van der Waals surface area (Å²) >= 11 is 0. The molecular formula is C33H40N8O7S. The van der Waals surface area contributed by atoms with E-state index >= 15 is 0 Å². The van der Waals surface area contributed by atoms with Crippen LogP contribution < -0.4 is 15.4 Å². The second-order valence-corrected chi connectivity index (χ2v) is 14.9. The van der Waals surface area contributed by atoms with Crippen LogP contribution in [0.25, 0.3) is 5.65 Å². The molecule has 1 unspecified atom stereocenters. The number of carboxylic acid groups (broad SMARTS) is 1. The largest absolute Gasteiger partial charge is 0.495 e. The number of hydrogen-bond donors (Lipinski definition) is 3. The van der Waals surface area contributed by atoms with Gasteiger partial charge in [-0.2, -0.15) is 19.6 Å². The van der Waals surface area contributed by atoms with Gasteiger partial charge in [-0.25, -0.2) is 13.2 Å². The minimum absolute atomic E-state index is 0.0679. The molecule has 0 bridgehead atoms. The van der Waals surface area contributed by atoms with Crippen LogP contribution in [0.5, 0.6) is 5.75 Å². The average molecular weight is 693 g/mol. The molecule has 2 amide bonds. The Bertz CT molecular complexity index is 1970. The van der Waals surface area contributed by atoms with Gasteiger partial charge in [-0.15, -0.1) is 0 Å². The van der Waals surface area contributed by atoms with Crippen molar-refractivity contribution in [3.63, 3.8) is 0 Å². The highest BCUT2D eigenvalue weighted by Gasteiger charge is 2.37. The summed E-state index contributed by atoms with van der Waals surface area (Å²) in [4.78, 5) is 37.2. The first-order valence-corrected chi connectivity index (χ1v) is 17.7. The lowest BCUT2D eigenvalue weighted by atomic mass is 9.86. The van der Waals surface area contributed by atoms with E-state index in [1.165, 1.54) is 9.42 Å². The number of ether oxygens (including phenoxy) is 2. The number of nitrogens with zero attached hydrogens (tertiary/aromatic N) is 6. The van der Waals surface area contributed by atoms with E-state index in [4.69, 9.17) is 9.47 Å². The topological polar surface area (TPSA) is 181 Å². The fourth-order valence-electron chi connectivity index (χ4n) is 6.34. The number of aryl methyl sites for hydroxylation is 1. The summed E-state index contributed by atoms with van der Waals surface area (Å²) in [5.74, 6) is 1.05. The molecule has 4 heterocycles. The normalized spacial score (nSPS) is 17.4. The summed E-state index contributed by atoms with van der Waals surface area (Å²) in [6.07, 6.45) is 1.90. The predicted molar refractivity (Wildman–Crippen MR) is 182 cm³/mol. The molecule has 2 aliphatic heterocycles. The standard InChI is InChI=1S/C33H40N8O7S/c1-20(2)49(45,46)28-8-6-5-7-24(28)36-32-38-31(37-29-9-12-34-41(29)32)35-25-17-21(3)23(18-27(25)47-4)22-10-13-39(14-11-22)30(42)26-19-48-16-15-40(26)33(43)44/h5-9,12,17-18,20,22,26H,10-11,13-16,19H2,1-4H3,(H,43,44)(H2,35,36,37,38). The molecule has 0 spiro atoms. The zero-order chi connectivity index (χ0) is 34.9. The van der Waals surface area contributed by atoms with Crippen molar-refractivity contribution in [2.24, 2.45) is 0 Å². The van der Waals surface area contributed by atoms with Crippen LogP contribution in [0.2, 0.25) is 0 Å². The van der Waals surface area contributed by atoms with Crippen LogP contribution in [0.1, 0.15) is 43.7 Å². The molecule has 2 aromatic carbocycles. The Hall–Kier alpha value is -4.96. The first-order valence-electron chi connectivity index (χ1n) is 16.1. The summed E-state index contributed by atoms with van der Waals surface area (Å²) < 4.78 is 38.9. The molecule has 15 nitrogen and oxygen atoms in total. The monoisotopic (exact) mass is 692 g/mol. The third-order valence-corrected chi connectivity index (χ3v) is 11.3. The van der Waals surface area contributed by atoms with Gasteiger partial charge in [0.2, 0.25) is 17.8 Å². The molecule has 0 aliphatic carbocycles. The molecule has 16 heteroatoms. The Morgan fingerprint density at radius 2 is 1.80 bits per heavy atom. The molecular weight excluding hydrogens is 652 g/mol. The quantitative estimate of drug-likeness (QED) is 0.228. The van der Waals surface area contributed by atoms with Crippen molar-refractivity contribution in [1.29, 1.82) is 0 Å². The van der Waals surface area contributed by atoms with Crippen LogP contribution >= 0.6 is 0 Å². The second-order valence-electron chi connectivity index (χ2n) is 12.4. The predicted octanol–water partition coefficient (Wildman–Crippen LogP) is 4.20. The Morgan fingerprint density at radius 1 is 1.04 bits per heavy atom. The molecule has 260 valence electrons. The number of fused-ring (bicyclic) bond motifs is 1. The number of nitrogens with one attached hydrogen (secondary N) is 2. The number of likely N-dealkylation sites (tertiary alicyclic amines) is 1. The summed E-state index contributed by atoms with van der Waals surface area (Å²) in [7, 11) is -2.00. The van der Waals surface area contributed by atoms with Crippen LogP contribution in [0, 0.1) is 6.92 Å². The highest BCUT2D eigenvalue weighted by atomic mass is 32.2. The highest BCUT2D eigenvalue weighted by Crippen LogP contribution is 2.38. The molecule has 1 atom stereocenters. The van der Waals surface area contributed by atoms with Gasteiger partial charge >= 0.3 is 6.09 Å². The fraction of sp³-hybridized carbons (Fsp3) is 0.424. The van der Waals surface area contributed by atoms with Crippen molar-refractivity contribution in [2.75, 3.05) is 50.6 Å². The van der Waals surface area contributed by atoms with Gasteiger partial charge in [-0.1, -0.05) is 12.1 Å². The van der Waals surface area contributed by atoms with E-state index < -0.39 is 27.2 Å². The zero-order valence-corrected chi connectivity index (χ0v) is 28.6. The second kappa shape index (κ2) is 13.9. The zero-order valence-electron chi connectivity index (χ0n) is 27.8. The Balaban J connectivity index is 1.21. The molecule has 0 saturated carbocycles. The summed E-state index contributed by atoms with van der Waals surface area (Å²) in [5.41, 5.74) is 3.61. The number of piperidine rings is 1. The van der Waals surface area contributed by atoms with E-state index in [0.717, 1.165) is 11.1 Å². The summed E-state index contributed by atoms with van der Waals surface area (Å²) in [5, 5.41) is 19.7. The number of sulfone groups is 1. The molecule has 2 aromatic heterocycles. The molecule has 49 heavy (non-hydrogen) atoms. The number of rotatable bonds is 9. The summed E-state index contributed by atoms with van der Waals surface area (Å²) in [6.45, 7) is 6.83. The number of anilines is 4. The Labute approximate surface area is 284 Å². The minimum atomic E-state index is -3.59. The Kier molecular flexibility index (Phi) is 9.61. The first-order chi connectivity index (χ1) is 23.5. The number of benzene rings is 2. The maximum atomic E-state index is 13.2. The fourth-order valence-corrected chi connectivity index (χ4v) is 7.55. The SMILES string of the molecule is COc1cc(C2CCN(C(=O)C3COCCN3C(=O)O)CC2)c(C)cc1Nc1nc(Nc2ccccc2S(=O)(=O)C(C)C)n2nccc2n1. The van der Waals surface area contributed by atoms with E-state index in [0.29, 0.717) is 48.7 Å². The van der Waals surface area contributed by atoms with Crippen LogP contribution in [0.4, 0.5) is 28.1 Å². The molecule has 4 aromatic rings. The van der Waals surface area contributed by atoms with E-state index in [2.05, 4.69) is 25.7 Å². The number of amides is 2. The maximum absolute atomic E-state index is 13.2. The van der Waals surface area contributed by atoms with E-state index in [1.54, 1.807) is 62.4 Å². The van der Waals surface area contributed by atoms with Crippen molar-refractivity contribution >= 4 is 50.8 Å². The van der Waals surface area contributed by atoms with Gasteiger partial charge in [0.25, 0.3) is 0 Å². The molecule has 2 saturated heterocycles. The number of para-hydroxylation sites is 1. The minimum Gasteiger partial charge on any atom is -0.495 e. The highest BCUT2D eigenvalue weighted by molar-refractivity contribution is 7.92. The van der Waals surface area contributed by atoms with Gasteiger partial charge < -0.3 is 30.1 Å². The van der Waals surface area contributed by atoms with Gasteiger partial charge in [0.05, 0.1) is 48.0 Å². The smallest absolute Gasteiger partial charge is 0.408 e. The van der Waals surface area contributed by atoms with Gasteiger partial charge in [0.15, 0.2) is 15.5 Å². The van der Waals surface area contributed by atoms with Crippen molar-refractivity contribution < 1.29 is 32.6 Å². The lowest BCUT2D eigenvalue weighted by molar-refractivity contribution is -0.142. The Morgan fingerprint density at radius 3 is 2.51 bits per heavy atom. The first kappa shape index (κ1) is 33.9. The third-order valence-electron chi connectivity index (χ3n) is 9.06. The van der Waals surface area contributed by atoms with Crippen LogP contribution in [0.3, 0.4) is 0 Å².